The molecule has 1 heterocycles. The van der Waals surface area contributed by atoms with E-state index in [0.29, 0.717) is 6.54 Å². The van der Waals surface area contributed by atoms with E-state index in [0.717, 1.165) is 31.9 Å². The molecule has 1 fully saturated rings. The molecule has 1 saturated heterocycles. The maximum atomic E-state index is 12.1. The number of carbonyl (C=O) groups excluding carboxylic acids is 1. The predicted molar refractivity (Wildman–Crippen MR) is 81.9 cm³/mol. The van der Waals surface area contributed by atoms with Crippen molar-refractivity contribution < 1.29 is 4.79 Å². The number of hydrogen-bond donors (Lipinski definition) is 2. The van der Waals surface area contributed by atoms with Crippen LogP contribution < -0.4 is 10.6 Å². The fraction of sp³-hybridized carbons (Fsp3) is 0.312. The number of fused-ring (bicyclic) bond motifs is 1. The number of carbonyl (C=O) groups is 1. The first-order valence-electron chi connectivity index (χ1n) is 7.04. The third-order valence-corrected chi connectivity index (χ3v) is 3.66. The quantitative estimate of drug-likeness (QED) is 0.891. The lowest BCUT2D eigenvalue weighted by molar-refractivity contribution is -0.129. The lowest BCUT2D eigenvalue weighted by Crippen LogP contribution is -2.48. The van der Waals surface area contributed by atoms with E-state index >= 15 is 0 Å². The molecule has 104 valence electrons. The zero-order chi connectivity index (χ0) is 13.8. The molecule has 2 aromatic rings. The summed E-state index contributed by atoms with van der Waals surface area (Å²) in [5.74, 6) is 0.166. The maximum Gasteiger partial charge on any atom is 0.241 e. The Morgan fingerprint density at radius 2 is 1.85 bits per heavy atom. The molecule has 0 aliphatic carbocycles. The van der Waals surface area contributed by atoms with Gasteiger partial charge in [0.15, 0.2) is 0 Å². The van der Waals surface area contributed by atoms with Gasteiger partial charge in [0.25, 0.3) is 0 Å². The van der Waals surface area contributed by atoms with Crippen molar-refractivity contribution in [2.75, 3.05) is 38.0 Å². The van der Waals surface area contributed by atoms with Gasteiger partial charge in [-0.25, -0.2) is 0 Å². The van der Waals surface area contributed by atoms with Crippen molar-refractivity contribution in [1.82, 2.24) is 10.2 Å². The first-order valence-corrected chi connectivity index (χ1v) is 7.04. The Morgan fingerprint density at radius 3 is 2.65 bits per heavy atom. The zero-order valence-corrected chi connectivity index (χ0v) is 11.4. The van der Waals surface area contributed by atoms with E-state index in [9.17, 15) is 4.79 Å². The zero-order valence-electron chi connectivity index (χ0n) is 11.4. The second-order valence-corrected chi connectivity index (χ2v) is 5.05. The van der Waals surface area contributed by atoms with Crippen molar-refractivity contribution in [2.24, 2.45) is 0 Å². The molecule has 0 bridgehead atoms. The number of hydrogen-bond acceptors (Lipinski definition) is 3. The molecule has 0 aromatic heterocycles. The molecule has 2 N–H and O–H groups in total. The molecule has 0 saturated carbocycles. The van der Waals surface area contributed by atoms with Crippen molar-refractivity contribution in [2.45, 2.75) is 0 Å². The van der Waals surface area contributed by atoms with Gasteiger partial charge >= 0.3 is 0 Å². The van der Waals surface area contributed by atoms with Crippen LogP contribution in [0.3, 0.4) is 0 Å². The fourth-order valence-corrected chi connectivity index (χ4v) is 2.50. The summed E-state index contributed by atoms with van der Waals surface area (Å²) in [6.07, 6.45) is 0. The first kappa shape index (κ1) is 12.9. The normalized spacial score (nSPS) is 15.3. The Bertz CT molecular complexity index is 605. The Labute approximate surface area is 118 Å². The second-order valence-electron chi connectivity index (χ2n) is 5.05. The van der Waals surface area contributed by atoms with E-state index in [2.05, 4.69) is 34.9 Å². The molecule has 4 nitrogen and oxygen atoms in total. The lowest BCUT2D eigenvalue weighted by Gasteiger charge is -2.27. The average molecular weight is 269 g/mol. The Hall–Kier alpha value is -2.07. The van der Waals surface area contributed by atoms with Crippen LogP contribution in [0.1, 0.15) is 0 Å². The van der Waals surface area contributed by atoms with Gasteiger partial charge in [0.2, 0.25) is 5.91 Å². The Balaban J connectivity index is 1.62. The number of rotatable bonds is 3. The van der Waals surface area contributed by atoms with Crippen molar-refractivity contribution in [3.63, 3.8) is 0 Å². The number of nitrogens with zero attached hydrogens (tertiary/aromatic N) is 1. The van der Waals surface area contributed by atoms with Gasteiger partial charge in [0.1, 0.15) is 0 Å². The number of nitrogens with one attached hydrogen (secondary N) is 2. The number of benzene rings is 2. The van der Waals surface area contributed by atoms with Crippen LogP contribution in [0, 0.1) is 0 Å². The van der Waals surface area contributed by atoms with Crippen molar-refractivity contribution in [3.05, 3.63) is 42.5 Å². The molecule has 1 amide bonds. The largest absolute Gasteiger partial charge is 0.376 e. The molecule has 4 heteroatoms. The lowest BCUT2D eigenvalue weighted by atomic mass is 10.1. The summed E-state index contributed by atoms with van der Waals surface area (Å²) in [5.41, 5.74) is 0.993. The van der Waals surface area contributed by atoms with Gasteiger partial charge in [0.05, 0.1) is 6.54 Å². The summed E-state index contributed by atoms with van der Waals surface area (Å²) in [4.78, 5) is 14.0. The standard InChI is InChI=1S/C16H19N3O/c20-16(19-9-7-17-8-10-19)12-18-15-6-5-13-3-1-2-4-14(13)11-15/h1-6,11,17-18H,7-10,12H2. The number of piperazine rings is 1. The topological polar surface area (TPSA) is 44.4 Å². The van der Waals surface area contributed by atoms with Crippen LogP contribution in [0.2, 0.25) is 0 Å². The van der Waals surface area contributed by atoms with Crippen LogP contribution in [0.5, 0.6) is 0 Å². The molecule has 20 heavy (non-hydrogen) atoms. The van der Waals surface area contributed by atoms with E-state index in [1.807, 2.05) is 23.1 Å². The summed E-state index contributed by atoms with van der Waals surface area (Å²) in [6, 6.07) is 14.4. The van der Waals surface area contributed by atoms with Crippen molar-refractivity contribution in [1.29, 1.82) is 0 Å². The number of anilines is 1. The van der Waals surface area contributed by atoms with E-state index in [4.69, 9.17) is 0 Å². The first-order chi connectivity index (χ1) is 9.83. The predicted octanol–water partition coefficient (Wildman–Crippen LogP) is 1.68. The van der Waals surface area contributed by atoms with E-state index in [-0.39, 0.29) is 5.91 Å². The van der Waals surface area contributed by atoms with Gasteiger partial charge < -0.3 is 15.5 Å². The molecular formula is C16H19N3O. The van der Waals surface area contributed by atoms with Gasteiger partial charge in [0, 0.05) is 31.9 Å². The van der Waals surface area contributed by atoms with E-state index in [1.165, 1.54) is 10.8 Å². The molecule has 0 spiro atoms. The molecule has 1 aliphatic heterocycles. The fourth-order valence-electron chi connectivity index (χ4n) is 2.50. The molecule has 0 radical (unpaired) electrons. The molecule has 2 aromatic carbocycles. The summed E-state index contributed by atoms with van der Waals surface area (Å²) < 4.78 is 0. The van der Waals surface area contributed by atoms with Gasteiger partial charge in [-0.1, -0.05) is 30.3 Å². The maximum absolute atomic E-state index is 12.1. The minimum atomic E-state index is 0.166. The molecule has 0 atom stereocenters. The highest BCUT2D eigenvalue weighted by Crippen LogP contribution is 2.18. The molecular weight excluding hydrogens is 250 g/mol. The highest BCUT2D eigenvalue weighted by molar-refractivity contribution is 5.87. The van der Waals surface area contributed by atoms with E-state index < -0.39 is 0 Å². The minimum absolute atomic E-state index is 0.166. The van der Waals surface area contributed by atoms with Crippen LogP contribution in [0.25, 0.3) is 10.8 Å². The summed E-state index contributed by atoms with van der Waals surface area (Å²) in [7, 11) is 0. The van der Waals surface area contributed by atoms with Gasteiger partial charge in [-0.15, -0.1) is 0 Å². The SMILES string of the molecule is O=C(CNc1ccc2ccccc2c1)N1CCNCC1. The highest BCUT2D eigenvalue weighted by Gasteiger charge is 2.15. The third-order valence-electron chi connectivity index (χ3n) is 3.66. The third kappa shape index (κ3) is 2.91. The van der Waals surface area contributed by atoms with Crippen molar-refractivity contribution in [3.8, 4) is 0 Å². The molecule has 1 aliphatic rings. The minimum Gasteiger partial charge on any atom is -0.376 e. The van der Waals surface area contributed by atoms with Crippen LogP contribution in [0.4, 0.5) is 5.69 Å². The van der Waals surface area contributed by atoms with Crippen LogP contribution >= 0.6 is 0 Å². The van der Waals surface area contributed by atoms with Gasteiger partial charge in [-0.3, -0.25) is 4.79 Å². The smallest absolute Gasteiger partial charge is 0.241 e. The molecule has 3 rings (SSSR count). The van der Waals surface area contributed by atoms with Gasteiger partial charge in [-0.05, 0) is 22.9 Å². The monoisotopic (exact) mass is 269 g/mol. The van der Waals surface area contributed by atoms with Crippen LogP contribution in [-0.4, -0.2) is 43.5 Å². The number of amides is 1. The second kappa shape index (κ2) is 5.92. The Morgan fingerprint density at radius 1 is 1.10 bits per heavy atom. The average Bonchev–Trinajstić information content (AvgIpc) is 2.53. The summed E-state index contributed by atoms with van der Waals surface area (Å²) in [5, 5.41) is 8.87. The van der Waals surface area contributed by atoms with Crippen LogP contribution in [-0.2, 0) is 4.79 Å². The summed E-state index contributed by atoms with van der Waals surface area (Å²) in [6.45, 7) is 3.75. The summed E-state index contributed by atoms with van der Waals surface area (Å²) >= 11 is 0. The van der Waals surface area contributed by atoms with Gasteiger partial charge in [-0.2, -0.15) is 0 Å². The van der Waals surface area contributed by atoms with E-state index in [1.54, 1.807) is 0 Å². The Kier molecular flexibility index (Phi) is 3.83. The van der Waals surface area contributed by atoms with Crippen molar-refractivity contribution >= 4 is 22.4 Å². The molecule has 0 unspecified atom stereocenters. The highest BCUT2D eigenvalue weighted by atomic mass is 16.2. The van der Waals surface area contributed by atoms with Crippen LogP contribution in [0.15, 0.2) is 42.5 Å².